The van der Waals surface area contributed by atoms with Gasteiger partial charge in [-0.3, -0.25) is 0 Å². The largest absolute Gasteiger partial charge is 0.493 e. The number of nitrogens with zero attached hydrogens (tertiary/aromatic N) is 3. The third-order valence-corrected chi connectivity index (χ3v) is 3.28. The van der Waals surface area contributed by atoms with E-state index in [1.807, 2.05) is 24.3 Å². The highest BCUT2D eigenvalue weighted by Gasteiger charge is 2.07. The minimum Gasteiger partial charge on any atom is -0.493 e. The van der Waals surface area contributed by atoms with Crippen LogP contribution in [-0.2, 0) is 13.0 Å². The summed E-state index contributed by atoms with van der Waals surface area (Å²) < 4.78 is 12.1. The predicted octanol–water partition coefficient (Wildman–Crippen LogP) is 1.99. The van der Waals surface area contributed by atoms with Crippen LogP contribution in [0.15, 0.2) is 24.4 Å². The molecular weight excluding hydrogens is 268 g/mol. The number of nitrogen functional groups attached to an aromatic ring is 1. The van der Waals surface area contributed by atoms with Crippen molar-refractivity contribution >= 4 is 5.82 Å². The van der Waals surface area contributed by atoms with Crippen molar-refractivity contribution in [3.05, 3.63) is 35.5 Å². The van der Waals surface area contributed by atoms with Gasteiger partial charge in [0.1, 0.15) is 17.5 Å². The van der Waals surface area contributed by atoms with E-state index in [0.717, 1.165) is 29.9 Å². The summed E-state index contributed by atoms with van der Waals surface area (Å²) in [7, 11) is 3.24. The molecule has 2 rings (SSSR count). The zero-order valence-electron chi connectivity index (χ0n) is 12.2. The molecule has 0 fully saturated rings. The molecule has 1 aromatic carbocycles. The zero-order valence-corrected chi connectivity index (χ0v) is 12.2. The van der Waals surface area contributed by atoms with E-state index in [-0.39, 0.29) is 0 Å². The summed E-state index contributed by atoms with van der Waals surface area (Å²) in [6, 6.07) is 7.88. The molecule has 0 saturated carbocycles. The minimum absolute atomic E-state index is 0.418. The molecule has 0 atom stereocenters. The van der Waals surface area contributed by atoms with Gasteiger partial charge >= 0.3 is 0 Å². The number of rotatable bonds is 6. The van der Waals surface area contributed by atoms with Crippen molar-refractivity contribution in [2.75, 3.05) is 20.0 Å². The Hall–Kier alpha value is -2.68. The van der Waals surface area contributed by atoms with Crippen molar-refractivity contribution in [1.82, 2.24) is 9.78 Å². The lowest BCUT2D eigenvalue weighted by atomic mass is 10.1. The first-order valence-electron chi connectivity index (χ1n) is 6.62. The van der Waals surface area contributed by atoms with Gasteiger partial charge in [-0.2, -0.15) is 10.4 Å². The average molecular weight is 286 g/mol. The molecule has 0 radical (unpaired) electrons. The quantitative estimate of drug-likeness (QED) is 0.877. The number of hydrogen-bond acceptors (Lipinski definition) is 5. The highest BCUT2D eigenvalue weighted by molar-refractivity contribution is 5.47. The normalized spacial score (nSPS) is 10.1. The van der Waals surface area contributed by atoms with Gasteiger partial charge in [-0.25, -0.2) is 4.68 Å². The predicted molar refractivity (Wildman–Crippen MR) is 79.2 cm³/mol. The van der Waals surface area contributed by atoms with E-state index >= 15 is 0 Å². The molecule has 0 amide bonds. The Morgan fingerprint density at radius 1 is 1.29 bits per heavy atom. The van der Waals surface area contributed by atoms with E-state index in [1.54, 1.807) is 18.9 Å². The van der Waals surface area contributed by atoms with Crippen molar-refractivity contribution in [2.45, 2.75) is 19.4 Å². The standard InChI is InChI=1S/C15H18N4O2/c1-20-13-6-5-11(8-14(13)21-2)4-3-7-19-15(17)12(9-16)10-18-19/h5-6,8,10H,3-4,7,17H2,1-2H3. The number of aromatic nitrogens is 2. The Bertz CT molecular complexity index is 658. The summed E-state index contributed by atoms with van der Waals surface area (Å²) in [6.07, 6.45) is 3.22. The topological polar surface area (TPSA) is 86.1 Å². The molecule has 21 heavy (non-hydrogen) atoms. The van der Waals surface area contributed by atoms with Crippen LogP contribution in [0.3, 0.4) is 0 Å². The fourth-order valence-corrected chi connectivity index (χ4v) is 2.13. The Balaban J connectivity index is 1.97. The van der Waals surface area contributed by atoms with Gasteiger partial charge in [-0.05, 0) is 30.5 Å². The first-order valence-corrected chi connectivity index (χ1v) is 6.62. The molecule has 0 spiro atoms. The van der Waals surface area contributed by atoms with Crippen molar-refractivity contribution in [3.63, 3.8) is 0 Å². The van der Waals surface area contributed by atoms with Gasteiger partial charge in [0.05, 0.1) is 20.4 Å². The number of hydrogen-bond donors (Lipinski definition) is 1. The minimum atomic E-state index is 0.418. The van der Waals surface area contributed by atoms with Crippen LogP contribution < -0.4 is 15.2 Å². The molecule has 1 aromatic heterocycles. The van der Waals surface area contributed by atoms with Crippen molar-refractivity contribution < 1.29 is 9.47 Å². The zero-order chi connectivity index (χ0) is 15.2. The summed E-state index contributed by atoms with van der Waals surface area (Å²) in [5.74, 6) is 1.86. The van der Waals surface area contributed by atoms with E-state index in [0.29, 0.717) is 17.9 Å². The number of nitriles is 1. The monoisotopic (exact) mass is 286 g/mol. The van der Waals surface area contributed by atoms with Crippen molar-refractivity contribution in [2.24, 2.45) is 0 Å². The summed E-state index contributed by atoms with van der Waals surface area (Å²) in [5.41, 5.74) is 7.39. The molecule has 0 aliphatic heterocycles. The molecule has 1 heterocycles. The lowest BCUT2D eigenvalue weighted by Gasteiger charge is -2.10. The second-order valence-corrected chi connectivity index (χ2v) is 4.57. The molecule has 2 aromatic rings. The van der Waals surface area contributed by atoms with Crippen LogP contribution in [0.5, 0.6) is 11.5 Å². The Labute approximate surface area is 123 Å². The summed E-state index contributed by atoms with van der Waals surface area (Å²) >= 11 is 0. The smallest absolute Gasteiger partial charge is 0.160 e. The lowest BCUT2D eigenvalue weighted by Crippen LogP contribution is -2.06. The van der Waals surface area contributed by atoms with E-state index in [4.69, 9.17) is 20.5 Å². The first kappa shape index (κ1) is 14.7. The van der Waals surface area contributed by atoms with Gasteiger partial charge in [0, 0.05) is 6.54 Å². The lowest BCUT2D eigenvalue weighted by molar-refractivity contribution is 0.354. The number of nitrogens with two attached hydrogens (primary N) is 1. The van der Waals surface area contributed by atoms with Crippen molar-refractivity contribution in [1.29, 1.82) is 5.26 Å². The first-order chi connectivity index (χ1) is 10.2. The van der Waals surface area contributed by atoms with E-state index in [1.165, 1.54) is 6.20 Å². The van der Waals surface area contributed by atoms with Crippen LogP contribution in [0.25, 0.3) is 0 Å². The van der Waals surface area contributed by atoms with Crippen molar-refractivity contribution in [3.8, 4) is 17.6 Å². The van der Waals surface area contributed by atoms with E-state index < -0.39 is 0 Å². The van der Waals surface area contributed by atoms with Crippen LogP contribution >= 0.6 is 0 Å². The fraction of sp³-hybridized carbons (Fsp3) is 0.333. The molecule has 2 N–H and O–H groups in total. The number of anilines is 1. The Morgan fingerprint density at radius 3 is 2.67 bits per heavy atom. The van der Waals surface area contributed by atoms with Crippen LogP contribution in [0.1, 0.15) is 17.5 Å². The van der Waals surface area contributed by atoms with E-state index in [2.05, 4.69) is 5.10 Å². The summed E-state index contributed by atoms with van der Waals surface area (Å²) in [4.78, 5) is 0. The molecule has 0 saturated heterocycles. The number of ether oxygens (including phenoxy) is 2. The van der Waals surface area contributed by atoms with Crippen LogP contribution in [-0.4, -0.2) is 24.0 Å². The van der Waals surface area contributed by atoms with Gasteiger partial charge in [-0.15, -0.1) is 0 Å². The highest BCUT2D eigenvalue weighted by Crippen LogP contribution is 2.28. The van der Waals surface area contributed by atoms with Gasteiger partial charge in [0.25, 0.3) is 0 Å². The SMILES string of the molecule is COc1ccc(CCCn2ncc(C#N)c2N)cc1OC. The maximum absolute atomic E-state index is 8.83. The van der Waals surface area contributed by atoms with Gasteiger partial charge in [0.15, 0.2) is 11.5 Å². The number of benzene rings is 1. The average Bonchev–Trinajstić information content (AvgIpc) is 2.87. The molecule has 6 nitrogen and oxygen atoms in total. The molecule has 0 aliphatic carbocycles. The maximum atomic E-state index is 8.83. The maximum Gasteiger partial charge on any atom is 0.160 e. The van der Waals surface area contributed by atoms with Crippen LogP contribution in [0.4, 0.5) is 5.82 Å². The third-order valence-electron chi connectivity index (χ3n) is 3.28. The van der Waals surface area contributed by atoms with Crippen LogP contribution in [0, 0.1) is 11.3 Å². The third kappa shape index (κ3) is 3.26. The number of methoxy groups -OCH3 is 2. The summed E-state index contributed by atoms with van der Waals surface area (Å²) in [5, 5.41) is 12.9. The highest BCUT2D eigenvalue weighted by atomic mass is 16.5. The van der Waals surface area contributed by atoms with Gasteiger partial charge < -0.3 is 15.2 Å². The molecular formula is C15H18N4O2. The fourth-order valence-electron chi connectivity index (χ4n) is 2.13. The second kappa shape index (κ2) is 6.66. The molecule has 0 aliphatic rings. The van der Waals surface area contributed by atoms with E-state index in [9.17, 15) is 0 Å². The molecule has 0 bridgehead atoms. The Morgan fingerprint density at radius 2 is 2.05 bits per heavy atom. The summed E-state index contributed by atoms with van der Waals surface area (Å²) in [6.45, 7) is 0.669. The van der Waals surface area contributed by atoms with Gasteiger partial charge in [0.2, 0.25) is 0 Å². The Kier molecular flexibility index (Phi) is 4.67. The molecule has 0 unspecified atom stereocenters. The second-order valence-electron chi connectivity index (χ2n) is 4.57. The number of aryl methyl sites for hydroxylation is 2. The molecule has 6 heteroatoms. The van der Waals surface area contributed by atoms with Crippen LogP contribution in [0.2, 0.25) is 0 Å². The van der Waals surface area contributed by atoms with Gasteiger partial charge in [-0.1, -0.05) is 6.07 Å². The molecule has 110 valence electrons.